The molecule has 0 aromatic heterocycles. The van der Waals surface area contributed by atoms with Crippen molar-refractivity contribution in [2.24, 2.45) is 0 Å². The lowest BCUT2D eigenvalue weighted by atomic mass is 9.91. The monoisotopic (exact) mass is 957 g/mol. The molecule has 0 N–H and O–H groups in total. The molecule has 0 radical (unpaired) electrons. The van der Waals surface area contributed by atoms with Crippen molar-refractivity contribution in [3.63, 3.8) is 0 Å². The van der Waals surface area contributed by atoms with Gasteiger partial charge in [0.15, 0.2) is 41.6 Å². The van der Waals surface area contributed by atoms with Crippen molar-refractivity contribution in [1.29, 1.82) is 0 Å². The first-order valence-corrected chi connectivity index (χ1v) is 37.8. The van der Waals surface area contributed by atoms with Crippen LogP contribution in [0.5, 0.6) is 5.75 Å². The van der Waals surface area contributed by atoms with Crippen LogP contribution in [0.25, 0.3) is 0 Å². The molecule has 0 amide bonds. The lowest BCUT2D eigenvalue weighted by Crippen LogP contribution is -2.67. The molecule has 9 nitrogen and oxygen atoms in total. The van der Waals surface area contributed by atoms with Gasteiger partial charge in [-0.1, -0.05) is 116 Å². The number of benzene rings is 1. The van der Waals surface area contributed by atoms with Crippen LogP contribution < -0.4 is 4.74 Å². The molecule has 1 aromatic carbocycles. The fourth-order valence-corrected chi connectivity index (χ4v) is 12.6. The van der Waals surface area contributed by atoms with Crippen LogP contribution in [0.1, 0.15) is 116 Å². The highest BCUT2D eigenvalue weighted by atomic mass is 28.4. The van der Waals surface area contributed by atoms with E-state index in [-0.39, 0.29) is 31.8 Å². The Hall–Kier alpha value is -0.506. The highest BCUT2D eigenvalue weighted by Gasteiger charge is 2.57. The number of ether oxygens (including phenoxy) is 3. The molecular weight excluding hydrogens is 861 g/mol. The molecule has 1 fully saturated rings. The topological polar surface area (TPSA) is 90.9 Å². The molecule has 0 unspecified atom stereocenters. The van der Waals surface area contributed by atoms with Gasteiger partial charge in [-0.05, 0) is 108 Å². The Morgan fingerprint density at radius 2 is 1.03 bits per heavy atom. The summed E-state index contributed by atoms with van der Waals surface area (Å²) in [6.45, 7) is 57.3. The van der Waals surface area contributed by atoms with E-state index in [0.717, 1.165) is 17.6 Å². The van der Waals surface area contributed by atoms with Crippen LogP contribution in [0, 0.1) is 0 Å². The molecule has 1 aliphatic rings. The first-order valence-electron chi connectivity index (χ1n) is 23.2. The minimum atomic E-state index is -2.58. The lowest BCUT2D eigenvalue weighted by molar-refractivity contribution is -0.219. The van der Waals surface area contributed by atoms with E-state index in [4.69, 9.17) is 36.3 Å². The Labute approximate surface area is 386 Å². The first-order chi connectivity index (χ1) is 27.5. The fourth-order valence-electron chi connectivity index (χ4n) is 6.06. The maximum atomic E-state index is 13.5. The van der Waals surface area contributed by atoms with Gasteiger partial charge in [-0.15, -0.1) is 0 Å². The van der Waals surface area contributed by atoms with Crippen molar-refractivity contribution in [2.45, 2.75) is 250 Å². The van der Waals surface area contributed by atoms with Crippen molar-refractivity contribution >= 4 is 47.9 Å². The molecule has 362 valence electrons. The van der Waals surface area contributed by atoms with Crippen LogP contribution in [0.2, 0.25) is 90.7 Å². The summed E-state index contributed by atoms with van der Waals surface area (Å²) < 4.78 is 57.4. The number of methoxy groups -OCH3 is 1. The maximum Gasteiger partial charge on any atom is 0.193 e. The SMILES string of the molecule is COc1ccc(COC[C@@H](O[Si](C)(C)C(C)(C)C)[C@@H](O[Si](C)(C)C(C)(C)C)[C@H]2O[C@H]([C@H](C=O)O[Si](C)(C)C(C)(C)C)C[C@H](O[Si](C)(C)C(C)(C)C)[C@@H]2O[Si](C)(C)C(C)(C)C)cc1. The zero-order valence-corrected chi connectivity index (χ0v) is 49.7. The van der Waals surface area contributed by atoms with Crippen LogP contribution in [-0.4, -0.2) is 104 Å². The Balaban J connectivity index is 3.10. The summed E-state index contributed by atoms with van der Waals surface area (Å²) >= 11 is 0. The third kappa shape index (κ3) is 14.7. The molecule has 1 saturated heterocycles. The molecule has 0 spiro atoms. The van der Waals surface area contributed by atoms with E-state index in [0.29, 0.717) is 13.0 Å². The van der Waals surface area contributed by atoms with Crippen LogP contribution in [0.3, 0.4) is 0 Å². The van der Waals surface area contributed by atoms with Crippen molar-refractivity contribution < 1.29 is 41.1 Å². The molecule has 1 heterocycles. The van der Waals surface area contributed by atoms with Crippen molar-refractivity contribution in [2.75, 3.05) is 13.7 Å². The molecule has 0 bridgehead atoms. The van der Waals surface area contributed by atoms with Crippen LogP contribution in [0.15, 0.2) is 24.3 Å². The number of aldehydes is 1. The van der Waals surface area contributed by atoms with Crippen molar-refractivity contribution in [3.8, 4) is 5.75 Å². The average Bonchev–Trinajstić information content (AvgIpc) is 3.07. The summed E-state index contributed by atoms with van der Waals surface area (Å²) in [6.07, 6.45) is -2.79. The molecule has 1 aromatic rings. The quantitative estimate of drug-likeness (QED) is 0.0993. The Bertz CT molecular complexity index is 1560. The van der Waals surface area contributed by atoms with Crippen molar-refractivity contribution in [1.82, 2.24) is 0 Å². The molecule has 62 heavy (non-hydrogen) atoms. The van der Waals surface area contributed by atoms with Gasteiger partial charge in [-0.25, -0.2) is 0 Å². The maximum absolute atomic E-state index is 13.5. The van der Waals surface area contributed by atoms with Gasteiger partial charge in [-0.3, -0.25) is 0 Å². The minimum Gasteiger partial charge on any atom is -0.497 e. The van der Waals surface area contributed by atoms with Crippen LogP contribution >= 0.6 is 0 Å². The Kier molecular flexibility index (Phi) is 18.9. The van der Waals surface area contributed by atoms with Gasteiger partial charge in [0, 0.05) is 6.42 Å². The number of hydrogen-bond acceptors (Lipinski definition) is 9. The van der Waals surface area contributed by atoms with E-state index >= 15 is 0 Å². The highest BCUT2D eigenvalue weighted by molar-refractivity contribution is 6.76. The summed E-state index contributed by atoms with van der Waals surface area (Å²) in [4.78, 5) is 13.5. The van der Waals surface area contributed by atoms with Crippen LogP contribution in [-0.2, 0) is 43.0 Å². The fraction of sp³-hybridized carbons (Fsp3) is 0.854. The van der Waals surface area contributed by atoms with Gasteiger partial charge < -0.3 is 41.1 Å². The third-order valence-corrected chi connectivity index (χ3v) is 38.0. The zero-order valence-electron chi connectivity index (χ0n) is 44.7. The number of hydrogen-bond donors (Lipinski definition) is 0. The van der Waals surface area contributed by atoms with Gasteiger partial charge in [-0.2, -0.15) is 0 Å². The summed E-state index contributed by atoms with van der Waals surface area (Å²) in [7, 11) is -10.8. The summed E-state index contributed by atoms with van der Waals surface area (Å²) in [6, 6.07) is 7.99. The molecular formula is C48H96O9Si5. The second kappa shape index (κ2) is 20.4. The van der Waals surface area contributed by atoms with Gasteiger partial charge in [0.05, 0.1) is 44.7 Å². The summed E-state index contributed by atoms with van der Waals surface area (Å²) in [5.41, 5.74) is 1.03. The zero-order chi connectivity index (χ0) is 48.5. The van der Waals surface area contributed by atoms with Crippen LogP contribution in [0.4, 0.5) is 0 Å². The van der Waals surface area contributed by atoms with E-state index in [9.17, 15) is 4.79 Å². The number of carbonyl (C=O) groups is 1. The second-order valence-corrected chi connectivity index (χ2v) is 49.5. The van der Waals surface area contributed by atoms with E-state index in [1.165, 1.54) is 0 Å². The molecule has 2 rings (SSSR count). The first kappa shape index (κ1) is 57.6. The standard InChI is InChI=1S/C48H96O9Si5/c1-44(2,3)58(17,18)53-38-31-37(39(32-49)54-59(19,20)45(4,5)6)52-43(41(38)56-61(23,24)47(10,11)12)42(57-62(25,26)48(13,14)15)40(55-60(21,22)46(7,8)9)34-51-33-35-27-29-36(50-16)30-28-35/h27-30,32,37-43H,31,33-34H2,1-26H3/t37-,38-,39-,40+,41-,42+,43-/m0/s1. The second-order valence-electron chi connectivity index (χ2n) is 25.7. The molecule has 0 aliphatic carbocycles. The Morgan fingerprint density at radius 3 is 1.45 bits per heavy atom. The molecule has 0 saturated carbocycles. The minimum absolute atomic E-state index is 0.0835. The summed E-state index contributed by atoms with van der Waals surface area (Å²) in [5, 5.41) is -0.566. The van der Waals surface area contributed by atoms with E-state index in [1.54, 1.807) is 7.11 Å². The predicted octanol–water partition coefficient (Wildman–Crippen LogP) is 13.5. The van der Waals surface area contributed by atoms with E-state index in [2.05, 4.69) is 169 Å². The van der Waals surface area contributed by atoms with Gasteiger partial charge in [0.1, 0.15) is 30.3 Å². The largest absolute Gasteiger partial charge is 0.497 e. The smallest absolute Gasteiger partial charge is 0.193 e. The van der Waals surface area contributed by atoms with E-state index in [1.807, 2.05) is 24.3 Å². The number of carbonyl (C=O) groups excluding carboxylic acids is 1. The lowest BCUT2D eigenvalue weighted by Gasteiger charge is -2.55. The van der Waals surface area contributed by atoms with Gasteiger partial charge in [0.25, 0.3) is 0 Å². The predicted molar refractivity (Wildman–Crippen MR) is 272 cm³/mol. The van der Waals surface area contributed by atoms with Crippen molar-refractivity contribution in [3.05, 3.63) is 29.8 Å². The third-order valence-electron chi connectivity index (χ3n) is 15.6. The molecule has 1 aliphatic heterocycles. The van der Waals surface area contributed by atoms with Gasteiger partial charge >= 0.3 is 0 Å². The summed E-state index contributed by atoms with van der Waals surface area (Å²) in [5.74, 6) is 0.799. The highest BCUT2D eigenvalue weighted by Crippen LogP contribution is 2.48. The van der Waals surface area contributed by atoms with E-state index < -0.39 is 84.3 Å². The van der Waals surface area contributed by atoms with Gasteiger partial charge in [0.2, 0.25) is 0 Å². The molecule has 7 atom stereocenters. The number of rotatable bonds is 19. The molecule has 14 heteroatoms. The Morgan fingerprint density at radius 1 is 0.613 bits per heavy atom. The normalized spacial score (nSPS) is 22.3. The average molecular weight is 958 g/mol.